The average molecular weight is 248 g/mol. The van der Waals surface area contributed by atoms with Gasteiger partial charge < -0.3 is 5.32 Å². The molecule has 1 aromatic carbocycles. The maximum absolute atomic E-state index is 4.35. The highest BCUT2D eigenvalue weighted by molar-refractivity contribution is 7.16. The van der Waals surface area contributed by atoms with Gasteiger partial charge in [0.15, 0.2) is 0 Å². The highest BCUT2D eigenvalue weighted by Gasteiger charge is 2.07. The molecule has 0 spiro atoms. The van der Waals surface area contributed by atoms with E-state index in [-0.39, 0.29) is 5.54 Å². The molecule has 2 rings (SSSR count). The van der Waals surface area contributed by atoms with E-state index >= 15 is 0 Å². The number of rotatable bonds is 4. The van der Waals surface area contributed by atoms with Crippen LogP contribution in [0.3, 0.4) is 0 Å². The lowest BCUT2D eigenvalue weighted by atomic mass is 10.1. The van der Waals surface area contributed by atoms with Crippen molar-refractivity contribution in [3.8, 4) is 0 Å². The molecular formula is C14H20N2S. The van der Waals surface area contributed by atoms with Crippen LogP contribution >= 0.6 is 11.3 Å². The Morgan fingerprint density at radius 2 is 2.12 bits per heavy atom. The molecule has 0 radical (unpaired) electrons. The third-order valence-electron chi connectivity index (χ3n) is 2.69. The Labute approximate surface area is 107 Å². The van der Waals surface area contributed by atoms with Crippen molar-refractivity contribution < 1.29 is 0 Å². The lowest BCUT2D eigenvalue weighted by Crippen LogP contribution is -2.36. The van der Waals surface area contributed by atoms with Gasteiger partial charge in [0.05, 0.1) is 15.7 Å². The fourth-order valence-corrected chi connectivity index (χ4v) is 2.47. The normalized spacial score (nSPS) is 12.2. The second-order valence-corrected chi connectivity index (χ2v) is 6.32. The molecule has 0 saturated heterocycles. The number of aryl methyl sites for hydroxylation is 1. The fourth-order valence-electron chi connectivity index (χ4n) is 1.81. The van der Waals surface area contributed by atoms with E-state index in [4.69, 9.17) is 0 Å². The Kier molecular flexibility index (Phi) is 3.79. The molecule has 17 heavy (non-hydrogen) atoms. The smallest absolute Gasteiger partial charge is 0.0814 e. The first-order valence-corrected chi connectivity index (χ1v) is 7.00. The minimum Gasteiger partial charge on any atom is -0.312 e. The Bertz CT molecular complexity index is 482. The molecule has 2 nitrogen and oxygen atoms in total. The number of nitrogens with one attached hydrogen (secondary N) is 1. The molecular weight excluding hydrogens is 228 g/mol. The Morgan fingerprint density at radius 1 is 1.29 bits per heavy atom. The summed E-state index contributed by atoms with van der Waals surface area (Å²) in [4.78, 5) is 4.35. The van der Waals surface area contributed by atoms with Crippen LogP contribution in [0, 0.1) is 0 Å². The molecule has 1 heterocycles. The molecule has 0 amide bonds. The van der Waals surface area contributed by atoms with Crippen molar-refractivity contribution in [2.24, 2.45) is 0 Å². The van der Waals surface area contributed by atoms with Gasteiger partial charge in [0.1, 0.15) is 0 Å². The van der Waals surface area contributed by atoms with Gasteiger partial charge in [-0.1, -0.05) is 6.07 Å². The average Bonchev–Trinajstić information content (AvgIpc) is 2.70. The summed E-state index contributed by atoms with van der Waals surface area (Å²) in [7, 11) is 0. The van der Waals surface area contributed by atoms with Crippen LogP contribution in [0.5, 0.6) is 0 Å². The highest BCUT2D eigenvalue weighted by Crippen LogP contribution is 2.19. The number of aromatic nitrogens is 1. The summed E-state index contributed by atoms with van der Waals surface area (Å²) in [5, 5.41) is 3.51. The zero-order valence-corrected chi connectivity index (χ0v) is 11.6. The number of fused-ring (bicyclic) bond motifs is 1. The predicted octanol–water partition coefficient (Wildman–Crippen LogP) is 3.62. The van der Waals surface area contributed by atoms with Crippen LogP contribution in [0.2, 0.25) is 0 Å². The minimum absolute atomic E-state index is 0.221. The molecule has 0 unspecified atom stereocenters. The second-order valence-electron chi connectivity index (χ2n) is 5.43. The van der Waals surface area contributed by atoms with E-state index < -0.39 is 0 Å². The van der Waals surface area contributed by atoms with Crippen molar-refractivity contribution in [2.75, 3.05) is 6.54 Å². The Hall–Kier alpha value is -0.930. The number of nitrogens with zero attached hydrogens (tertiary/aromatic N) is 1. The number of hydrogen-bond donors (Lipinski definition) is 1. The fraction of sp³-hybridized carbons (Fsp3) is 0.500. The van der Waals surface area contributed by atoms with E-state index in [1.165, 1.54) is 16.7 Å². The van der Waals surface area contributed by atoms with E-state index in [0.29, 0.717) is 0 Å². The van der Waals surface area contributed by atoms with Crippen molar-refractivity contribution >= 4 is 21.6 Å². The summed E-state index contributed by atoms with van der Waals surface area (Å²) in [6.45, 7) is 7.68. The molecule has 92 valence electrons. The maximum Gasteiger partial charge on any atom is 0.0814 e. The van der Waals surface area contributed by atoms with E-state index in [1.807, 2.05) is 5.51 Å². The van der Waals surface area contributed by atoms with E-state index in [0.717, 1.165) is 18.5 Å². The van der Waals surface area contributed by atoms with Crippen molar-refractivity contribution in [3.05, 3.63) is 29.3 Å². The molecule has 1 N–H and O–H groups in total. The largest absolute Gasteiger partial charge is 0.312 e. The van der Waals surface area contributed by atoms with Crippen LogP contribution in [-0.4, -0.2) is 17.1 Å². The molecule has 0 bridgehead atoms. The highest BCUT2D eigenvalue weighted by atomic mass is 32.1. The van der Waals surface area contributed by atoms with E-state index in [9.17, 15) is 0 Å². The zero-order chi connectivity index (χ0) is 12.3. The summed E-state index contributed by atoms with van der Waals surface area (Å²) in [5.41, 5.74) is 4.66. The number of hydrogen-bond acceptors (Lipinski definition) is 3. The van der Waals surface area contributed by atoms with Crippen LogP contribution < -0.4 is 5.32 Å². The van der Waals surface area contributed by atoms with Crippen molar-refractivity contribution in [1.29, 1.82) is 0 Å². The van der Waals surface area contributed by atoms with Crippen LogP contribution in [0.4, 0.5) is 0 Å². The van der Waals surface area contributed by atoms with Gasteiger partial charge in [-0.3, -0.25) is 0 Å². The molecule has 0 atom stereocenters. The third kappa shape index (κ3) is 3.79. The zero-order valence-electron chi connectivity index (χ0n) is 10.8. The van der Waals surface area contributed by atoms with Gasteiger partial charge in [0.2, 0.25) is 0 Å². The third-order valence-corrected chi connectivity index (χ3v) is 3.50. The maximum atomic E-state index is 4.35. The number of benzene rings is 1. The second kappa shape index (κ2) is 5.15. The Balaban J connectivity index is 1.86. The van der Waals surface area contributed by atoms with Crippen LogP contribution in [0.1, 0.15) is 32.8 Å². The molecule has 0 saturated carbocycles. The van der Waals surface area contributed by atoms with Gasteiger partial charge in [0.25, 0.3) is 0 Å². The molecule has 0 aliphatic rings. The molecule has 3 heteroatoms. The van der Waals surface area contributed by atoms with Crippen molar-refractivity contribution in [1.82, 2.24) is 10.3 Å². The summed E-state index contributed by atoms with van der Waals surface area (Å²) in [5.74, 6) is 0. The van der Waals surface area contributed by atoms with Crippen LogP contribution in [0.25, 0.3) is 10.2 Å². The molecule has 0 aliphatic heterocycles. The van der Waals surface area contributed by atoms with E-state index in [2.05, 4.69) is 49.3 Å². The van der Waals surface area contributed by atoms with Crippen molar-refractivity contribution in [3.63, 3.8) is 0 Å². The van der Waals surface area contributed by atoms with Crippen LogP contribution in [0.15, 0.2) is 23.7 Å². The first-order chi connectivity index (χ1) is 8.04. The summed E-state index contributed by atoms with van der Waals surface area (Å²) in [6.07, 6.45) is 2.30. The lowest BCUT2D eigenvalue weighted by Gasteiger charge is -2.20. The Morgan fingerprint density at radius 3 is 2.88 bits per heavy atom. The van der Waals surface area contributed by atoms with Gasteiger partial charge in [-0.15, -0.1) is 11.3 Å². The topological polar surface area (TPSA) is 24.9 Å². The summed E-state index contributed by atoms with van der Waals surface area (Å²) < 4.78 is 1.28. The molecule has 0 aliphatic carbocycles. The quantitative estimate of drug-likeness (QED) is 0.836. The monoisotopic (exact) mass is 248 g/mol. The summed E-state index contributed by atoms with van der Waals surface area (Å²) in [6, 6.07) is 6.61. The van der Waals surface area contributed by atoms with Gasteiger partial charge in [-0.05, 0) is 57.9 Å². The van der Waals surface area contributed by atoms with Gasteiger partial charge >= 0.3 is 0 Å². The predicted molar refractivity (Wildman–Crippen MR) is 75.7 cm³/mol. The standard InChI is InChI=1S/C14H20N2S/c1-14(2,3)16-8-4-5-11-6-7-13-12(9-11)15-10-17-13/h6-7,9-10,16H,4-5,8H2,1-3H3. The molecule has 1 aromatic heterocycles. The number of thiazole rings is 1. The van der Waals surface area contributed by atoms with Gasteiger partial charge in [0, 0.05) is 5.54 Å². The minimum atomic E-state index is 0.221. The first-order valence-electron chi connectivity index (χ1n) is 6.12. The molecule has 0 fully saturated rings. The SMILES string of the molecule is CC(C)(C)NCCCc1ccc2scnc2c1. The van der Waals surface area contributed by atoms with E-state index in [1.54, 1.807) is 11.3 Å². The van der Waals surface area contributed by atoms with Crippen molar-refractivity contribution in [2.45, 2.75) is 39.2 Å². The van der Waals surface area contributed by atoms with Gasteiger partial charge in [-0.25, -0.2) is 4.98 Å². The summed E-state index contributed by atoms with van der Waals surface area (Å²) >= 11 is 1.70. The van der Waals surface area contributed by atoms with Crippen LogP contribution in [-0.2, 0) is 6.42 Å². The van der Waals surface area contributed by atoms with Gasteiger partial charge in [-0.2, -0.15) is 0 Å². The lowest BCUT2D eigenvalue weighted by molar-refractivity contribution is 0.422. The molecule has 2 aromatic rings. The first kappa shape index (κ1) is 12.5.